The van der Waals surface area contributed by atoms with Crippen molar-refractivity contribution in [2.45, 2.75) is 13.3 Å². The first-order chi connectivity index (χ1) is 13.5. The zero-order chi connectivity index (χ0) is 20.1. The first-order valence-electron chi connectivity index (χ1n) is 9.08. The molecule has 2 aromatic rings. The third kappa shape index (κ3) is 4.82. The predicted octanol–water partition coefficient (Wildman–Crippen LogP) is 3.57. The molecule has 0 aliphatic carbocycles. The van der Waals surface area contributed by atoms with Crippen molar-refractivity contribution < 1.29 is 19.1 Å². The second-order valence-corrected chi connectivity index (χ2v) is 7.01. The molecule has 148 valence electrons. The molecule has 1 saturated heterocycles. The molecule has 1 heterocycles. The number of hydrogen-bond donors (Lipinski definition) is 1. The maximum Gasteiger partial charge on any atom is 0.228 e. The number of morpholine rings is 1. The van der Waals surface area contributed by atoms with E-state index in [2.05, 4.69) is 10.2 Å². The summed E-state index contributed by atoms with van der Waals surface area (Å²) in [6, 6.07) is 10.5. The molecule has 28 heavy (non-hydrogen) atoms. The summed E-state index contributed by atoms with van der Waals surface area (Å²) in [5.41, 5.74) is 2.76. The van der Waals surface area contributed by atoms with Gasteiger partial charge in [-0.05, 0) is 43.3 Å². The topological polar surface area (TPSA) is 67.9 Å². The molecular formula is C21H23ClN2O4. The maximum atomic E-state index is 12.7. The van der Waals surface area contributed by atoms with E-state index in [1.165, 1.54) is 14.0 Å². The Bertz CT molecular complexity index is 879. The van der Waals surface area contributed by atoms with E-state index in [1.807, 2.05) is 6.07 Å². The van der Waals surface area contributed by atoms with Gasteiger partial charge in [0.25, 0.3) is 0 Å². The molecule has 3 rings (SSSR count). The fraction of sp³-hybridized carbons (Fsp3) is 0.333. The first kappa shape index (κ1) is 20.2. The van der Waals surface area contributed by atoms with Crippen molar-refractivity contribution in [1.29, 1.82) is 0 Å². The van der Waals surface area contributed by atoms with Gasteiger partial charge < -0.3 is 19.7 Å². The van der Waals surface area contributed by atoms with Crippen LogP contribution in [-0.4, -0.2) is 45.1 Å². The molecule has 1 N–H and O–H groups in total. The number of carbonyl (C=O) groups is 2. The van der Waals surface area contributed by atoms with Crippen LogP contribution in [0, 0.1) is 0 Å². The van der Waals surface area contributed by atoms with Crippen LogP contribution in [0.3, 0.4) is 0 Å². The number of ketones is 1. The Labute approximate surface area is 169 Å². The van der Waals surface area contributed by atoms with Gasteiger partial charge in [0, 0.05) is 29.2 Å². The highest BCUT2D eigenvalue weighted by Gasteiger charge is 2.18. The summed E-state index contributed by atoms with van der Waals surface area (Å²) in [6.07, 6.45) is 0.0827. The molecule has 0 radical (unpaired) electrons. The second kappa shape index (κ2) is 9.08. The van der Waals surface area contributed by atoms with E-state index in [9.17, 15) is 9.59 Å². The van der Waals surface area contributed by atoms with Gasteiger partial charge in [-0.25, -0.2) is 0 Å². The average molecular weight is 403 g/mol. The third-order valence-corrected chi connectivity index (χ3v) is 4.86. The van der Waals surface area contributed by atoms with Gasteiger partial charge in [0.1, 0.15) is 5.75 Å². The van der Waals surface area contributed by atoms with E-state index in [1.54, 1.807) is 30.3 Å². The van der Waals surface area contributed by atoms with Crippen molar-refractivity contribution in [3.05, 3.63) is 52.5 Å². The molecular weight excluding hydrogens is 380 g/mol. The number of rotatable bonds is 6. The summed E-state index contributed by atoms with van der Waals surface area (Å²) in [6.45, 7) is 4.28. The number of nitrogens with zero attached hydrogens (tertiary/aromatic N) is 1. The van der Waals surface area contributed by atoms with Crippen LogP contribution in [0.25, 0.3) is 0 Å². The Morgan fingerprint density at radius 3 is 2.61 bits per heavy atom. The number of ether oxygens (including phenoxy) is 2. The van der Waals surface area contributed by atoms with Gasteiger partial charge in [0.15, 0.2) is 5.78 Å². The Morgan fingerprint density at radius 2 is 1.93 bits per heavy atom. The zero-order valence-electron chi connectivity index (χ0n) is 16.0. The number of methoxy groups -OCH3 is 1. The van der Waals surface area contributed by atoms with Gasteiger partial charge in [0.05, 0.1) is 38.1 Å². The minimum Gasteiger partial charge on any atom is -0.496 e. The van der Waals surface area contributed by atoms with E-state index in [0.29, 0.717) is 40.8 Å². The summed E-state index contributed by atoms with van der Waals surface area (Å²) < 4.78 is 10.7. The third-order valence-electron chi connectivity index (χ3n) is 4.62. The summed E-state index contributed by atoms with van der Waals surface area (Å²) in [5.74, 6) is 0.296. The summed E-state index contributed by atoms with van der Waals surface area (Å²) in [5, 5.41) is 3.50. The minimum atomic E-state index is -0.212. The molecule has 0 atom stereocenters. The molecule has 6 nitrogen and oxygen atoms in total. The lowest BCUT2D eigenvalue weighted by Crippen LogP contribution is -2.36. The number of benzene rings is 2. The lowest BCUT2D eigenvalue weighted by atomic mass is 10.0. The van der Waals surface area contributed by atoms with Gasteiger partial charge in [0.2, 0.25) is 5.91 Å². The number of halogens is 1. The Kier molecular flexibility index (Phi) is 6.54. The van der Waals surface area contributed by atoms with Crippen LogP contribution in [0.2, 0.25) is 5.02 Å². The minimum absolute atomic E-state index is 0.0613. The Hall–Kier alpha value is -2.57. The van der Waals surface area contributed by atoms with Crippen molar-refractivity contribution in [3.63, 3.8) is 0 Å². The van der Waals surface area contributed by atoms with Crippen molar-refractivity contribution >= 4 is 34.7 Å². The molecule has 0 saturated carbocycles. The van der Waals surface area contributed by atoms with Crippen LogP contribution in [0.1, 0.15) is 22.8 Å². The molecule has 1 aliphatic heterocycles. The zero-order valence-corrected chi connectivity index (χ0v) is 16.7. The highest BCUT2D eigenvalue weighted by Crippen LogP contribution is 2.30. The second-order valence-electron chi connectivity index (χ2n) is 6.57. The van der Waals surface area contributed by atoms with Crippen LogP contribution >= 0.6 is 11.6 Å². The first-order valence-corrected chi connectivity index (χ1v) is 9.45. The molecule has 1 aliphatic rings. The molecule has 7 heteroatoms. The monoisotopic (exact) mass is 402 g/mol. The molecule has 0 bridgehead atoms. The van der Waals surface area contributed by atoms with Gasteiger partial charge in [-0.1, -0.05) is 11.6 Å². The molecule has 1 amide bonds. The smallest absolute Gasteiger partial charge is 0.228 e. The van der Waals surface area contributed by atoms with Crippen LogP contribution in [-0.2, 0) is 16.0 Å². The fourth-order valence-corrected chi connectivity index (χ4v) is 3.36. The van der Waals surface area contributed by atoms with Crippen molar-refractivity contribution in [3.8, 4) is 5.75 Å². The van der Waals surface area contributed by atoms with E-state index in [0.717, 1.165) is 18.8 Å². The van der Waals surface area contributed by atoms with Crippen molar-refractivity contribution in [2.75, 3.05) is 43.6 Å². The SMILES string of the molecule is COc1ccc(C(C)=O)cc1CC(=O)Nc1cc(Cl)ccc1N1CCOCC1. The van der Waals surface area contributed by atoms with E-state index in [-0.39, 0.29) is 18.1 Å². The van der Waals surface area contributed by atoms with Gasteiger partial charge in [-0.2, -0.15) is 0 Å². The number of nitrogens with one attached hydrogen (secondary N) is 1. The van der Waals surface area contributed by atoms with Crippen LogP contribution < -0.4 is 15.0 Å². The highest BCUT2D eigenvalue weighted by molar-refractivity contribution is 6.31. The quantitative estimate of drug-likeness (QED) is 0.748. The standard InChI is InChI=1S/C21H23ClN2O4/c1-14(25)15-3-6-20(27-2)16(11-15)12-21(26)23-18-13-17(22)4-5-19(18)24-7-9-28-10-8-24/h3-6,11,13H,7-10,12H2,1-2H3,(H,23,26). The van der Waals surface area contributed by atoms with Crippen molar-refractivity contribution in [2.24, 2.45) is 0 Å². The van der Waals surface area contributed by atoms with Gasteiger partial charge in [-0.15, -0.1) is 0 Å². The average Bonchev–Trinajstić information content (AvgIpc) is 2.68. The largest absolute Gasteiger partial charge is 0.496 e. The fourth-order valence-electron chi connectivity index (χ4n) is 3.19. The van der Waals surface area contributed by atoms with Gasteiger partial charge in [-0.3, -0.25) is 9.59 Å². The van der Waals surface area contributed by atoms with Crippen LogP contribution in [0.4, 0.5) is 11.4 Å². The molecule has 0 unspecified atom stereocenters. The van der Waals surface area contributed by atoms with Crippen LogP contribution in [0.15, 0.2) is 36.4 Å². The number of carbonyl (C=O) groups excluding carboxylic acids is 2. The maximum absolute atomic E-state index is 12.7. The van der Waals surface area contributed by atoms with Crippen molar-refractivity contribution in [1.82, 2.24) is 0 Å². The van der Waals surface area contributed by atoms with E-state index < -0.39 is 0 Å². The number of Topliss-reactive ketones (excluding diaryl/α,β-unsaturated/α-hetero) is 1. The van der Waals surface area contributed by atoms with Gasteiger partial charge >= 0.3 is 0 Å². The summed E-state index contributed by atoms with van der Waals surface area (Å²) in [4.78, 5) is 26.6. The van der Waals surface area contributed by atoms with E-state index >= 15 is 0 Å². The normalized spacial score (nSPS) is 13.9. The molecule has 0 aromatic heterocycles. The lowest BCUT2D eigenvalue weighted by Gasteiger charge is -2.30. The summed E-state index contributed by atoms with van der Waals surface area (Å²) in [7, 11) is 1.54. The predicted molar refractivity (Wildman–Crippen MR) is 110 cm³/mol. The number of amides is 1. The van der Waals surface area contributed by atoms with Crippen LogP contribution in [0.5, 0.6) is 5.75 Å². The Balaban J connectivity index is 1.81. The highest BCUT2D eigenvalue weighted by atomic mass is 35.5. The molecule has 1 fully saturated rings. The lowest BCUT2D eigenvalue weighted by molar-refractivity contribution is -0.115. The van der Waals surface area contributed by atoms with E-state index in [4.69, 9.17) is 21.1 Å². The molecule has 0 spiro atoms. The number of hydrogen-bond acceptors (Lipinski definition) is 5. The Morgan fingerprint density at radius 1 is 1.18 bits per heavy atom. The molecule has 2 aromatic carbocycles. The summed E-state index contributed by atoms with van der Waals surface area (Å²) >= 11 is 6.15. The number of anilines is 2.